The van der Waals surface area contributed by atoms with E-state index in [4.69, 9.17) is 5.11 Å². The molecule has 15 heavy (non-hydrogen) atoms. The second-order valence-corrected chi connectivity index (χ2v) is 3.95. The first-order chi connectivity index (χ1) is 7.33. The van der Waals surface area contributed by atoms with Gasteiger partial charge in [-0.05, 0) is 31.4 Å². The van der Waals surface area contributed by atoms with Crippen LogP contribution in [-0.2, 0) is 6.54 Å². The molecule has 0 fully saturated rings. The second kappa shape index (κ2) is 7.43. The number of hydrogen-bond donors (Lipinski definition) is 2. The molecule has 1 rings (SSSR count). The van der Waals surface area contributed by atoms with Crippen LogP contribution in [-0.4, -0.2) is 34.6 Å². The zero-order chi connectivity index (χ0) is 10.9. The predicted octanol–water partition coefficient (Wildman–Crippen LogP) is 0.881. The lowest BCUT2D eigenvalue weighted by Gasteiger charge is -2.08. The lowest BCUT2D eigenvalue weighted by atomic mass is 10.1. The molecule has 1 atom stereocenters. The smallest absolute Gasteiger partial charge is 0.0533 e. The van der Waals surface area contributed by atoms with E-state index in [9.17, 15) is 0 Å². The zero-order valence-electron chi connectivity index (χ0n) is 9.39. The number of nitrogens with zero attached hydrogens (tertiary/aromatic N) is 2. The summed E-state index contributed by atoms with van der Waals surface area (Å²) in [6.45, 7) is 5.26. The van der Waals surface area contributed by atoms with Gasteiger partial charge in [-0.2, -0.15) is 5.10 Å². The Bertz CT molecular complexity index is 236. The molecule has 86 valence electrons. The van der Waals surface area contributed by atoms with Gasteiger partial charge in [0, 0.05) is 25.5 Å². The van der Waals surface area contributed by atoms with Crippen LogP contribution in [0.1, 0.15) is 19.8 Å². The molecule has 1 unspecified atom stereocenters. The fourth-order valence-electron chi connectivity index (χ4n) is 1.42. The molecular weight excluding hydrogens is 190 g/mol. The monoisotopic (exact) mass is 211 g/mol. The summed E-state index contributed by atoms with van der Waals surface area (Å²) in [6.07, 6.45) is 5.98. The van der Waals surface area contributed by atoms with E-state index in [-0.39, 0.29) is 0 Å². The zero-order valence-corrected chi connectivity index (χ0v) is 9.39. The van der Waals surface area contributed by atoms with Crippen molar-refractivity contribution >= 4 is 0 Å². The number of rotatable bonds is 8. The van der Waals surface area contributed by atoms with Crippen molar-refractivity contribution in [3.8, 4) is 0 Å². The summed E-state index contributed by atoms with van der Waals surface area (Å²) >= 11 is 0. The number of aliphatic hydroxyl groups is 1. The van der Waals surface area contributed by atoms with Gasteiger partial charge in [0.2, 0.25) is 0 Å². The molecule has 0 aliphatic carbocycles. The average Bonchev–Trinajstić information content (AvgIpc) is 2.75. The molecule has 0 aliphatic heterocycles. The maximum Gasteiger partial charge on any atom is 0.0533 e. The minimum Gasteiger partial charge on any atom is -0.396 e. The highest BCUT2D eigenvalue weighted by atomic mass is 16.3. The van der Waals surface area contributed by atoms with Gasteiger partial charge < -0.3 is 10.4 Å². The summed E-state index contributed by atoms with van der Waals surface area (Å²) in [5.41, 5.74) is 0. The van der Waals surface area contributed by atoms with Crippen molar-refractivity contribution in [1.82, 2.24) is 15.1 Å². The summed E-state index contributed by atoms with van der Waals surface area (Å²) in [7, 11) is 0. The van der Waals surface area contributed by atoms with Crippen LogP contribution >= 0.6 is 0 Å². The molecule has 0 saturated heterocycles. The van der Waals surface area contributed by atoms with Gasteiger partial charge in [-0.15, -0.1) is 0 Å². The van der Waals surface area contributed by atoms with Crippen LogP contribution in [0.15, 0.2) is 18.5 Å². The number of aromatic nitrogens is 2. The molecule has 0 aromatic carbocycles. The molecule has 2 N–H and O–H groups in total. The van der Waals surface area contributed by atoms with Gasteiger partial charge in [-0.1, -0.05) is 6.92 Å². The maximum absolute atomic E-state index is 8.83. The third-order valence-corrected chi connectivity index (χ3v) is 2.44. The number of aliphatic hydroxyl groups excluding tert-OH is 1. The fourth-order valence-corrected chi connectivity index (χ4v) is 1.42. The first-order valence-electron chi connectivity index (χ1n) is 5.62. The van der Waals surface area contributed by atoms with Crippen LogP contribution in [0.5, 0.6) is 0 Å². The average molecular weight is 211 g/mol. The van der Waals surface area contributed by atoms with E-state index >= 15 is 0 Å². The quantitative estimate of drug-likeness (QED) is 0.628. The summed E-state index contributed by atoms with van der Waals surface area (Å²) < 4.78 is 1.92. The molecule has 0 saturated carbocycles. The second-order valence-electron chi connectivity index (χ2n) is 3.95. The molecule has 1 aromatic rings. The highest BCUT2D eigenvalue weighted by Crippen LogP contribution is 2.02. The Kier molecular flexibility index (Phi) is 6.04. The van der Waals surface area contributed by atoms with E-state index in [0.29, 0.717) is 12.5 Å². The Morgan fingerprint density at radius 1 is 1.47 bits per heavy atom. The lowest BCUT2D eigenvalue weighted by Crippen LogP contribution is -2.21. The maximum atomic E-state index is 8.83. The van der Waals surface area contributed by atoms with Crippen molar-refractivity contribution in [3.05, 3.63) is 18.5 Å². The van der Waals surface area contributed by atoms with E-state index in [1.54, 1.807) is 6.20 Å². The minimum atomic E-state index is 0.299. The summed E-state index contributed by atoms with van der Waals surface area (Å²) in [5.74, 6) is 0.429. The van der Waals surface area contributed by atoms with Crippen LogP contribution < -0.4 is 5.32 Å². The number of hydrogen-bond acceptors (Lipinski definition) is 3. The van der Waals surface area contributed by atoms with E-state index in [2.05, 4.69) is 17.3 Å². The topological polar surface area (TPSA) is 50.1 Å². The van der Waals surface area contributed by atoms with Gasteiger partial charge in [-0.3, -0.25) is 4.68 Å². The van der Waals surface area contributed by atoms with Crippen LogP contribution in [0.3, 0.4) is 0 Å². The van der Waals surface area contributed by atoms with Gasteiger partial charge in [0.05, 0.1) is 6.54 Å². The van der Waals surface area contributed by atoms with Crippen molar-refractivity contribution in [2.45, 2.75) is 26.3 Å². The van der Waals surface area contributed by atoms with E-state index < -0.39 is 0 Å². The van der Waals surface area contributed by atoms with Crippen molar-refractivity contribution in [3.63, 3.8) is 0 Å². The molecular formula is C11H21N3O. The molecule has 1 heterocycles. The van der Waals surface area contributed by atoms with Gasteiger partial charge in [0.1, 0.15) is 0 Å². The number of nitrogens with one attached hydrogen (secondary N) is 1. The first kappa shape index (κ1) is 12.2. The van der Waals surface area contributed by atoms with Crippen molar-refractivity contribution in [1.29, 1.82) is 0 Å². The fraction of sp³-hybridized carbons (Fsp3) is 0.727. The molecule has 0 bridgehead atoms. The minimum absolute atomic E-state index is 0.299. The Balaban J connectivity index is 1.89. The molecule has 0 radical (unpaired) electrons. The Hall–Kier alpha value is -0.870. The van der Waals surface area contributed by atoms with E-state index in [0.717, 1.165) is 32.5 Å². The summed E-state index contributed by atoms with van der Waals surface area (Å²) in [4.78, 5) is 0. The SMILES string of the molecule is CC(CO)CCCNCCn1cccn1. The van der Waals surface area contributed by atoms with Crippen LogP contribution in [0.2, 0.25) is 0 Å². The third-order valence-electron chi connectivity index (χ3n) is 2.44. The van der Waals surface area contributed by atoms with Crippen LogP contribution in [0.4, 0.5) is 0 Å². The van der Waals surface area contributed by atoms with Gasteiger partial charge in [0.25, 0.3) is 0 Å². The summed E-state index contributed by atoms with van der Waals surface area (Å²) in [6, 6.07) is 1.93. The standard InChI is InChI=1S/C11H21N3O/c1-11(10-15)4-2-5-12-7-9-14-8-3-6-13-14/h3,6,8,11-12,15H,2,4-5,7,9-10H2,1H3. The molecule has 0 spiro atoms. The molecule has 4 nitrogen and oxygen atoms in total. The highest BCUT2D eigenvalue weighted by Gasteiger charge is 1.98. The molecule has 0 amide bonds. The van der Waals surface area contributed by atoms with Gasteiger partial charge >= 0.3 is 0 Å². The van der Waals surface area contributed by atoms with E-state index in [1.807, 2.05) is 16.9 Å². The van der Waals surface area contributed by atoms with Crippen LogP contribution in [0.25, 0.3) is 0 Å². The largest absolute Gasteiger partial charge is 0.396 e. The third kappa shape index (κ3) is 5.54. The van der Waals surface area contributed by atoms with E-state index in [1.165, 1.54) is 0 Å². The van der Waals surface area contributed by atoms with Gasteiger partial charge in [-0.25, -0.2) is 0 Å². The Morgan fingerprint density at radius 2 is 2.33 bits per heavy atom. The normalized spacial score (nSPS) is 12.9. The highest BCUT2D eigenvalue weighted by molar-refractivity contribution is 4.77. The van der Waals surface area contributed by atoms with Crippen molar-refractivity contribution in [2.75, 3.05) is 19.7 Å². The first-order valence-corrected chi connectivity index (χ1v) is 5.62. The Labute approximate surface area is 91.3 Å². The van der Waals surface area contributed by atoms with Gasteiger partial charge in [0.15, 0.2) is 0 Å². The molecule has 1 aromatic heterocycles. The predicted molar refractivity (Wildman–Crippen MR) is 60.6 cm³/mol. The Morgan fingerprint density at radius 3 is 3.00 bits per heavy atom. The molecule has 0 aliphatic rings. The summed E-state index contributed by atoms with van der Waals surface area (Å²) in [5, 5.41) is 16.3. The van der Waals surface area contributed by atoms with Crippen molar-refractivity contribution < 1.29 is 5.11 Å². The van der Waals surface area contributed by atoms with Crippen molar-refractivity contribution in [2.24, 2.45) is 5.92 Å². The lowest BCUT2D eigenvalue weighted by molar-refractivity contribution is 0.228. The van der Waals surface area contributed by atoms with Crippen LogP contribution in [0, 0.1) is 5.92 Å². The molecule has 4 heteroatoms.